The van der Waals surface area contributed by atoms with Crippen molar-refractivity contribution in [3.05, 3.63) is 57.2 Å². The highest BCUT2D eigenvalue weighted by molar-refractivity contribution is 7.09. The van der Waals surface area contributed by atoms with Crippen LogP contribution in [-0.2, 0) is 6.42 Å². The Kier molecular flexibility index (Phi) is 6.94. The highest BCUT2D eigenvalue weighted by Crippen LogP contribution is 2.36. The summed E-state index contributed by atoms with van der Waals surface area (Å²) in [5.74, 6) is 0.990. The van der Waals surface area contributed by atoms with E-state index in [2.05, 4.69) is 51.9 Å². The first-order chi connectivity index (χ1) is 12.6. The number of piperidine rings is 1. The molecule has 2 unspecified atom stereocenters. The van der Waals surface area contributed by atoms with Crippen LogP contribution in [0.3, 0.4) is 0 Å². The number of aliphatic imine (C=N–C) groups is 1. The molecule has 1 aliphatic rings. The average Bonchev–Trinajstić information content (AvgIpc) is 3.13. The molecule has 0 saturated carbocycles. The molecule has 0 bridgehead atoms. The summed E-state index contributed by atoms with van der Waals surface area (Å²) >= 11 is 7.98. The fraction of sp³-hybridized carbons (Fsp3) is 0.450. The second-order valence-electron chi connectivity index (χ2n) is 6.86. The molecule has 2 aromatic rings. The lowest BCUT2D eigenvalue weighted by atomic mass is 9.85. The fourth-order valence-electron chi connectivity index (χ4n) is 3.71. The van der Waals surface area contributed by atoms with Crippen LogP contribution >= 0.6 is 22.9 Å². The van der Waals surface area contributed by atoms with Crippen molar-refractivity contribution in [3.8, 4) is 0 Å². The van der Waals surface area contributed by atoms with Crippen LogP contribution in [0.25, 0.3) is 0 Å². The molecule has 0 spiro atoms. The number of thiophene rings is 1. The lowest BCUT2D eigenvalue weighted by Gasteiger charge is -2.39. The number of nitrogens with one attached hydrogen (secondary N) is 1. The van der Waals surface area contributed by atoms with Gasteiger partial charge in [-0.2, -0.15) is 0 Å². The van der Waals surface area contributed by atoms with Gasteiger partial charge in [0.25, 0.3) is 0 Å². The zero-order chi connectivity index (χ0) is 18.4. The molecular formula is C20H27ClN4S. The van der Waals surface area contributed by atoms with Crippen molar-refractivity contribution in [3.63, 3.8) is 0 Å². The maximum atomic E-state index is 6.21. The number of hydrogen-bond donors (Lipinski definition) is 2. The van der Waals surface area contributed by atoms with Crippen molar-refractivity contribution in [1.29, 1.82) is 0 Å². The van der Waals surface area contributed by atoms with E-state index in [0.717, 1.165) is 37.5 Å². The predicted molar refractivity (Wildman–Crippen MR) is 112 cm³/mol. The van der Waals surface area contributed by atoms with Crippen LogP contribution in [0.15, 0.2) is 46.8 Å². The Labute approximate surface area is 165 Å². The highest BCUT2D eigenvalue weighted by Gasteiger charge is 2.30. The molecule has 2 atom stereocenters. The number of rotatable bonds is 6. The SMILES string of the molecule is CN1CCCC(CN=C(N)NCCc2cccs2)C1c1cccc(Cl)c1. The van der Waals surface area contributed by atoms with Crippen molar-refractivity contribution >= 4 is 28.9 Å². The van der Waals surface area contributed by atoms with E-state index in [-0.39, 0.29) is 0 Å². The Balaban J connectivity index is 1.58. The average molecular weight is 391 g/mol. The topological polar surface area (TPSA) is 53.6 Å². The minimum absolute atomic E-state index is 0.338. The predicted octanol–water partition coefficient (Wildman–Crippen LogP) is 3.93. The van der Waals surface area contributed by atoms with Crippen molar-refractivity contribution in [2.75, 3.05) is 26.7 Å². The first-order valence-electron chi connectivity index (χ1n) is 9.15. The lowest BCUT2D eigenvalue weighted by molar-refractivity contribution is 0.125. The smallest absolute Gasteiger partial charge is 0.188 e. The molecule has 140 valence electrons. The van der Waals surface area contributed by atoms with Crippen LogP contribution in [0.2, 0.25) is 5.02 Å². The van der Waals surface area contributed by atoms with E-state index in [4.69, 9.17) is 17.3 Å². The summed E-state index contributed by atoms with van der Waals surface area (Å²) in [4.78, 5) is 8.40. The van der Waals surface area contributed by atoms with Crippen LogP contribution < -0.4 is 11.1 Å². The second kappa shape index (κ2) is 9.40. The third kappa shape index (κ3) is 5.22. The molecule has 0 amide bonds. The van der Waals surface area contributed by atoms with Gasteiger partial charge in [0.05, 0.1) is 0 Å². The van der Waals surface area contributed by atoms with E-state index in [1.807, 2.05) is 12.1 Å². The van der Waals surface area contributed by atoms with Crippen molar-refractivity contribution < 1.29 is 0 Å². The number of guanidine groups is 1. The number of hydrogen-bond acceptors (Lipinski definition) is 3. The molecular weight excluding hydrogens is 364 g/mol. The quantitative estimate of drug-likeness (QED) is 0.580. The van der Waals surface area contributed by atoms with Gasteiger partial charge in [0.1, 0.15) is 0 Å². The first-order valence-corrected chi connectivity index (χ1v) is 10.4. The van der Waals surface area contributed by atoms with Crippen LogP contribution in [0.1, 0.15) is 29.3 Å². The number of halogens is 1. The molecule has 0 aliphatic carbocycles. The molecule has 1 aromatic carbocycles. The highest BCUT2D eigenvalue weighted by atomic mass is 35.5. The van der Waals surface area contributed by atoms with Gasteiger partial charge in [-0.1, -0.05) is 29.8 Å². The van der Waals surface area contributed by atoms with Crippen LogP contribution in [0.4, 0.5) is 0 Å². The fourth-order valence-corrected chi connectivity index (χ4v) is 4.62. The molecule has 1 aliphatic heterocycles. The number of nitrogens with two attached hydrogens (primary N) is 1. The van der Waals surface area contributed by atoms with Gasteiger partial charge in [0.2, 0.25) is 0 Å². The van der Waals surface area contributed by atoms with Gasteiger partial charge in [-0.3, -0.25) is 9.89 Å². The molecule has 6 heteroatoms. The van der Waals surface area contributed by atoms with E-state index in [1.165, 1.54) is 16.9 Å². The van der Waals surface area contributed by atoms with Crippen molar-refractivity contribution in [2.45, 2.75) is 25.3 Å². The zero-order valence-electron chi connectivity index (χ0n) is 15.2. The van der Waals surface area contributed by atoms with Gasteiger partial charge in [-0.15, -0.1) is 11.3 Å². The number of nitrogens with zero attached hydrogens (tertiary/aromatic N) is 2. The van der Waals surface area contributed by atoms with E-state index in [1.54, 1.807) is 11.3 Å². The van der Waals surface area contributed by atoms with Crippen LogP contribution in [0, 0.1) is 5.92 Å². The summed E-state index contributed by atoms with van der Waals surface area (Å²) in [6, 6.07) is 12.8. The van der Waals surface area contributed by atoms with E-state index < -0.39 is 0 Å². The second-order valence-corrected chi connectivity index (χ2v) is 8.33. The Morgan fingerprint density at radius 2 is 2.27 bits per heavy atom. The maximum Gasteiger partial charge on any atom is 0.188 e. The monoisotopic (exact) mass is 390 g/mol. The van der Waals surface area contributed by atoms with Crippen molar-refractivity contribution in [2.24, 2.45) is 16.6 Å². The van der Waals surface area contributed by atoms with E-state index >= 15 is 0 Å². The maximum absolute atomic E-state index is 6.21. The zero-order valence-corrected chi connectivity index (χ0v) is 16.8. The molecule has 3 N–H and O–H groups in total. The van der Waals surface area contributed by atoms with Gasteiger partial charge in [0, 0.05) is 29.0 Å². The third-order valence-electron chi connectivity index (χ3n) is 4.95. The Bertz CT molecular complexity index is 716. The standard InChI is InChI=1S/C20H27ClN4S/c1-25-11-3-6-16(19(25)15-5-2-7-17(21)13-15)14-24-20(22)23-10-9-18-8-4-12-26-18/h2,4-5,7-8,12-13,16,19H,3,6,9-11,14H2,1H3,(H3,22,23,24). The largest absolute Gasteiger partial charge is 0.370 e. The summed E-state index contributed by atoms with van der Waals surface area (Å²) in [7, 11) is 2.18. The van der Waals surface area contributed by atoms with E-state index in [9.17, 15) is 0 Å². The third-order valence-corrected chi connectivity index (χ3v) is 6.12. The normalized spacial score (nSPS) is 21.7. The molecule has 1 fully saturated rings. The first kappa shape index (κ1) is 19.2. The van der Waals surface area contributed by atoms with Crippen LogP contribution in [0.5, 0.6) is 0 Å². The van der Waals surface area contributed by atoms with Gasteiger partial charge < -0.3 is 11.1 Å². The lowest BCUT2D eigenvalue weighted by Crippen LogP contribution is -2.38. The Morgan fingerprint density at radius 3 is 3.04 bits per heavy atom. The Morgan fingerprint density at radius 1 is 1.38 bits per heavy atom. The van der Waals surface area contributed by atoms with Crippen LogP contribution in [-0.4, -0.2) is 37.5 Å². The van der Waals surface area contributed by atoms with Gasteiger partial charge in [-0.25, -0.2) is 0 Å². The van der Waals surface area contributed by atoms with Gasteiger partial charge >= 0.3 is 0 Å². The summed E-state index contributed by atoms with van der Waals surface area (Å²) in [6.07, 6.45) is 3.33. The van der Waals surface area contributed by atoms with Crippen molar-refractivity contribution in [1.82, 2.24) is 10.2 Å². The van der Waals surface area contributed by atoms with E-state index in [0.29, 0.717) is 17.9 Å². The molecule has 0 radical (unpaired) electrons. The number of likely N-dealkylation sites (tertiary alicyclic amines) is 1. The molecule has 26 heavy (non-hydrogen) atoms. The van der Waals surface area contributed by atoms with Gasteiger partial charge in [-0.05, 0) is 67.9 Å². The summed E-state index contributed by atoms with van der Waals surface area (Å²) < 4.78 is 0. The molecule has 1 aromatic heterocycles. The number of benzene rings is 1. The summed E-state index contributed by atoms with van der Waals surface area (Å²) in [5, 5.41) is 6.12. The summed E-state index contributed by atoms with van der Waals surface area (Å²) in [5.41, 5.74) is 7.35. The summed E-state index contributed by atoms with van der Waals surface area (Å²) in [6.45, 7) is 2.66. The Hall–Kier alpha value is -1.56. The molecule has 3 rings (SSSR count). The minimum Gasteiger partial charge on any atom is -0.370 e. The molecule has 4 nitrogen and oxygen atoms in total. The van der Waals surface area contributed by atoms with Gasteiger partial charge in [0.15, 0.2) is 5.96 Å². The molecule has 1 saturated heterocycles. The molecule has 2 heterocycles. The minimum atomic E-state index is 0.338.